The molecule has 23 heavy (non-hydrogen) atoms. The minimum absolute atomic E-state index is 0.00880. The van der Waals surface area contributed by atoms with E-state index in [0.29, 0.717) is 6.04 Å². The number of halogens is 1. The number of nitrogens with zero attached hydrogens (tertiary/aromatic N) is 3. The standard InChI is InChI=1S/C17H27BrN4O/c1-6-13(2)20-17(19-11-16(23)21(3)4)22(5)12-14-7-9-15(18)10-8-14/h7-10,13H,6,11-12H2,1-5H3,(H,19,20). The van der Waals surface area contributed by atoms with E-state index in [-0.39, 0.29) is 12.5 Å². The molecule has 1 atom stereocenters. The summed E-state index contributed by atoms with van der Waals surface area (Å²) in [5.74, 6) is 0.739. The molecular formula is C17H27BrN4O. The van der Waals surface area contributed by atoms with Gasteiger partial charge in [0.2, 0.25) is 5.91 Å². The van der Waals surface area contributed by atoms with Crippen molar-refractivity contribution in [2.75, 3.05) is 27.7 Å². The fraction of sp³-hybridized carbons (Fsp3) is 0.529. The molecular weight excluding hydrogens is 356 g/mol. The zero-order chi connectivity index (χ0) is 17.4. The van der Waals surface area contributed by atoms with Gasteiger partial charge in [-0.2, -0.15) is 0 Å². The Balaban J connectivity index is 2.82. The van der Waals surface area contributed by atoms with Gasteiger partial charge in [-0.05, 0) is 31.0 Å². The predicted molar refractivity (Wildman–Crippen MR) is 99.5 cm³/mol. The first-order valence-corrected chi connectivity index (χ1v) is 8.59. The SMILES string of the molecule is CCC(C)NC(=NCC(=O)N(C)C)N(C)Cc1ccc(Br)cc1. The van der Waals surface area contributed by atoms with Crippen LogP contribution in [0.5, 0.6) is 0 Å². The molecule has 0 saturated heterocycles. The number of nitrogens with one attached hydrogen (secondary N) is 1. The summed E-state index contributed by atoms with van der Waals surface area (Å²) in [7, 11) is 5.47. The van der Waals surface area contributed by atoms with Crippen LogP contribution < -0.4 is 5.32 Å². The van der Waals surface area contributed by atoms with Gasteiger partial charge in [-0.1, -0.05) is 35.0 Å². The van der Waals surface area contributed by atoms with Crippen molar-refractivity contribution in [1.29, 1.82) is 0 Å². The van der Waals surface area contributed by atoms with Crippen LogP contribution in [0.25, 0.3) is 0 Å². The van der Waals surface area contributed by atoms with Gasteiger partial charge in [-0.25, -0.2) is 4.99 Å². The molecule has 6 heteroatoms. The zero-order valence-electron chi connectivity index (χ0n) is 14.6. The van der Waals surface area contributed by atoms with E-state index in [1.54, 1.807) is 19.0 Å². The van der Waals surface area contributed by atoms with Crippen molar-refractivity contribution < 1.29 is 4.79 Å². The van der Waals surface area contributed by atoms with Gasteiger partial charge in [0.1, 0.15) is 6.54 Å². The fourth-order valence-corrected chi connectivity index (χ4v) is 2.09. The molecule has 1 aromatic rings. The molecule has 0 aromatic heterocycles. The molecule has 0 fully saturated rings. The average Bonchev–Trinajstić information content (AvgIpc) is 2.52. The molecule has 1 amide bonds. The van der Waals surface area contributed by atoms with E-state index < -0.39 is 0 Å². The maximum atomic E-state index is 11.8. The van der Waals surface area contributed by atoms with Crippen molar-refractivity contribution in [3.05, 3.63) is 34.3 Å². The van der Waals surface area contributed by atoms with Gasteiger partial charge < -0.3 is 15.1 Å². The number of rotatable bonds is 6. The third-order valence-corrected chi connectivity index (χ3v) is 4.07. The Bertz CT molecular complexity index is 528. The van der Waals surface area contributed by atoms with Gasteiger partial charge in [0.25, 0.3) is 0 Å². The molecule has 0 heterocycles. The van der Waals surface area contributed by atoms with Crippen LogP contribution >= 0.6 is 15.9 Å². The highest BCUT2D eigenvalue weighted by molar-refractivity contribution is 9.10. The molecule has 1 N–H and O–H groups in total. The number of hydrogen-bond acceptors (Lipinski definition) is 2. The monoisotopic (exact) mass is 382 g/mol. The van der Waals surface area contributed by atoms with Crippen LogP contribution in [0.1, 0.15) is 25.8 Å². The third-order valence-electron chi connectivity index (χ3n) is 3.55. The minimum Gasteiger partial charge on any atom is -0.354 e. The quantitative estimate of drug-likeness (QED) is 0.607. The summed E-state index contributed by atoms with van der Waals surface area (Å²) in [6.45, 7) is 5.11. The Kier molecular flexibility index (Phi) is 8.09. The molecule has 1 aromatic carbocycles. The number of benzene rings is 1. The summed E-state index contributed by atoms with van der Waals surface area (Å²) in [5.41, 5.74) is 1.19. The first kappa shape index (κ1) is 19.5. The summed E-state index contributed by atoms with van der Waals surface area (Å²) in [4.78, 5) is 19.9. The summed E-state index contributed by atoms with van der Waals surface area (Å²) >= 11 is 3.45. The van der Waals surface area contributed by atoms with E-state index in [0.717, 1.165) is 23.4 Å². The lowest BCUT2D eigenvalue weighted by atomic mass is 10.2. The van der Waals surface area contributed by atoms with Crippen molar-refractivity contribution in [2.24, 2.45) is 4.99 Å². The average molecular weight is 383 g/mol. The van der Waals surface area contributed by atoms with Gasteiger partial charge in [-0.15, -0.1) is 0 Å². The van der Waals surface area contributed by atoms with Crippen LogP contribution in [0.2, 0.25) is 0 Å². The van der Waals surface area contributed by atoms with Gasteiger partial charge in [0, 0.05) is 38.2 Å². The van der Waals surface area contributed by atoms with Crippen LogP contribution in [0.15, 0.2) is 33.7 Å². The van der Waals surface area contributed by atoms with E-state index in [9.17, 15) is 4.79 Å². The van der Waals surface area contributed by atoms with Crippen LogP contribution in [-0.4, -0.2) is 55.4 Å². The second-order valence-electron chi connectivity index (χ2n) is 5.86. The Morgan fingerprint density at radius 3 is 2.39 bits per heavy atom. The van der Waals surface area contributed by atoms with Gasteiger partial charge >= 0.3 is 0 Å². The van der Waals surface area contributed by atoms with Crippen LogP contribution in [0, 0.1) is 0 Å². The molecule has 0 aliphatic rings. The number of guanidine groups is 1. The highest BCUT2D eigenvalue weighted by Crippen LogP contribution is 2.12. The smallest absolute Gasteiger partial charge is 0.243 e. The lowest BCUT2D eigenvalue weighted by Crippen LogP contribution is -2.43. The Labute approximate surface area is 147 Å². The summed E-state index contributed by atoms with van der Waals surface area (Å²) in [6, 6.07) is 8.50. The van der Waals surface area contributed by atoms with Crippen molar-refractivity contribution in [1.82, 2.24) is 15.1 Å². The van der Waals surface area contributed by atoms with E-state index in [1.807, 2.05) is 24.1 Å². The number of amides is 1. The number of aliphatic imine (C=N–C) groups is 1. The number of likely N-dealkylation sites (N-methyl/N-ethyl adjacent to an activating group) is 1. The summed E-state index contributed by atoms with van der Waals surface area (Å²) < 4.78 is 1.06. The van der Waals surface area contributed by atoms with Crippen molar-refractivity contribution in [2.45, 2.75) is 32.9 Å². The van der Waals surface area contributed by atoms with Crippen molar-refractivity contribution >= 4 is 27.8 Å². The van der Waals surface area contributed by atoms with E-state index >= 15 is 0 Å². The lowest BCUT2D eigenvalue weighted by molar-refractivity contribution is -0.127. The van der Waals surface area contributed by atoms with Gasteiger partial charge in [0.15, 0.2) is 5.96 Å². The molecule has 128 valence electrons. The number of carbonyl (C=O) groups is 1. The third kappa shape index (κ3) is 7.03. The molecule has 0 bridgehead atoms. The van der Waals surface area contributed by atoms with E-state index in [1.165, 1.54) is 5.56 Å². The normalized spacial score (nSPS) is 12.7. The molecule has 1 unspecified atom stereocenters. The predicted octanol–water partition coefficient (Wildman–Crippen LogP) is 2.71. The fourth-order valence-electron chi connectivity index (χ4n) is 1.82. The molecule has 0 radical (unpaired) electrons. The first-order chi connectivity index (χ1) is 10.8. The topological polar surface area (TPSA) is 47.9 Å². The molecule has 5 nitrogen and oxygen atoms in total. The number of carbonyl (C=O) groups excluding carboxylic acids is 1. The van der Waals surface area contributed by atoms with Gasteiger partial charge in [0.05, 0.1) is 0 Å². The van der Waals surface area contributed by atoms with Gasteiger partial charge in [-0.3, -0.25) is 4.79 Å². The van der Waals surface area contributed by atoms with E-state index in [4.69, 9.17) is 0 Å². The van der Waals surface area contributed by atoms with Crippen molar-refractivity contribution in [3.8, 4) is 0 Å². The van der Waals surface area contributed by atoms with Crippen LogP contribution in [0.4, 0.5) is 0 Å². The van der Waals surface area contributed by atoms with Crippen molar-refractivity contribution in [3.63, 3.8) is 0 Å². The molecule has 0 saturated carbocycles. The maximum absolute atomic E-state index is 11.8. The maximum Gasteiger partial charge on any atom is 0.243 e. The minimum atomic E-state index is -0.00880. The molecule has 1 rings (SSSR count). The Morgan fingerprint density at radius 1 is 1.26 bits per heavy atom. The lowest BCUT2D eigenvalue weighted by Gasteiger charge is -2.25. The second-order valence-corrected chi connectivity index (χ2v) is 6.78. The Hall–Kier alpha value is -1.56. The van der Waals surface area contributed by atoms with E-state index in [2.05, 4.69) is 52.2 Å². The molecule has 0 spiro atoms. The number of hydrogen-bond donors (Lipinski definition) is 1. The Morgan fingerprint density at radius 2 is 1.87 bits per heavy atom. The van der Waals surface area contributed by atoms with Crippen LogP contribution in [0.3, 0.4) is 0 Å². The first-order valence-electron chi connectivity index (χ1n) is 7.80. The molecule has 0 aliphatic heterocycles. The second kappa shape index (κ2) is 9.55. The summed E-state index contributed by atoms with van der Waals surface area (Å²) in [5, 5.41) is 3.39. The zero-order valence-corrected chi connectivity index (χ0v) is 16.2. The summed E-state index contributed by atoms with van der Waals surface area (Å²) in [6.07, 6.45) is 0.993. The molecule has 0 aliphatic carbocycles. The van der Waals surface area contributed by atoms with Crippen LogP contribution in [-0.2, 0) is 11.3 Å². The largest absolute Gasteiger partial charge is 0.354 e. The highest BCUT2D eigenvalue weighted by atomic mass is 79.9. The highest BCUT2D eigenvalue weighted by Gasteiger charge is 2.11.